The smallest absolute Gasteiger partial charge is 0.120 e. The van der Waals surface area contributed by atoms with Crippen molar-refractivity contribution in [3.8, 4) is 5.75 Å². The number of fused-ring (bicyclic) bond motifs is 1. The van der Waals surface area contributed by atoms with Gasteiger partial charge in [-0.1, -0.05) is 6.92 Å². The molecule has 84 valence electrons. The van der Waals surface area contributed by atoms with E-state index in [1.54, 1.807) is 6.20 Å². The zero-order valence-corrected chi connectivity index (χ0v) is 9.66. The Labute approximate surface area is 95.5 Å². The van der Waals surface area contributed by atoms with Gasteiger partial charge in [-0.05, 0) is 30.7 Å². The minimum Gasteiger partial charge on any atom is -0.494 e. The first-order valence-corrected chi connectivity index (χ1v) is 5.54. The Hall–Kier alpha value is -1.77. The summed E-state index contributed by atoms with van der Waals surface area (Å²) in [7, 11) is 1.91. The van der Waals surface area contributed by atoms with Crippen LogP contribution in [0.1, 0.15) is 13.3 Å². The topological polar surface area (TPSA) is 34.1 Å². The Bertz CT molecular complexity index is 482. The van der Waals surface area contributed by atoms with Gasteiger partial charge in [-0.2, -0.15) is 0 Å². The summed E-state index contributed by atoms with van der Waals surface area (Å²) < 4.78 is 5.61. The lowest BCUT2D eigenvalue weighted by molar-refractivity contribution is 0.318. The second-order valence-electron chi connectivity index (χ2n) is 3.64. The van der Waals surface area contributed by atoms with Crippen LogP contribution in [0.25, 0.3) is 10.9 Å². The van der Waals surface area contributed by atoms with E-state index in [2.05, 4.69) is 17.2 Å². The average Bonchev–Trinajstić information content (AvgIpc) is 2.35. The van der Waals surface area contributed by atoms with E-state index in [1.165, 1.54) is 0 Å². The first kappa shape index (κ1) is 10.7. The van der Waals surface area contributed by atoms with Gasteiger partial charge in [0.1, 0.15) is 5.75 Å². The predicted molar refractivity (Wildman–Crippen MR) is 67.1 cm³/mol. The Balaban J connectivity index is 2.42. The summed E-state index contributed by atoms with van der Waals surface area (Å²) in [6.07, 6.45) is 2.82. The maximum atomic E-state index is 5.61. The van der Waals surface area contributed by atoms with Crippen molar-refractivity contribution in [3.63, 3.8) is 0 Å². The molecule has 0 aliphatic carbocycles. The Kier molecular flexibility index (Phi) is 3.25. The first-order valence-electron chi connectivity index (χ1n) is 5.54. The van der Waals surface area contributed by atoms with Crippen molar-refractivity contribution in [1.82, 2.24) is 4.98 Å². The highest BCUT2D eigenvalue weighted by Gasteiger charge is 2.02. The van der Waals surface area contributed by atoms with Gasteiger partial charge in [0, 0.05) is 24.3 Å². The molecule has 3 heteroatoms. The standard InChI is InChI=1S/C13H16N2O/c1-3-8-16-10-4-5-13-11(9-10)12(14-2)6-7-15-13/h4-7,9H,3,8H2,1-2H3,(H,14,15). The van der Waals surface area contributed by atoms with Crippen LogP contribution >= 0.6 is 0 Å². The van der Waals surface area contributed by atoms with E-state index in [9.17, 15) is 0 Å². The number of nitrogens with zero attached hydrogens (tertiary/aromatic N) is 1. The van der Waals surface area contributed by atoms with Gasteiger partial charge in [0.2, 0.25) is 0 Å². The summed E-state index contributed by atoms with van der Waals surface area (Å²) >= 11 is 0. The zero-order valence-electron chi connectivity index (χ0n) is 9.66. The molecule has 3 nitrogen and oxygen atoms in total. The van der Waals surface area contributed by atoms with Crippen molar-refractivity contribution >= 4 is 16.6 Å². The van der Waals surface area contributed by atoms with Crippen LogP contribution in [0.4, 0.5) is 5.69 Å². The molecule has 0 saturated carbocycles. The van der Waals surface area contributed by atoms with Gasteiger partial charge in [0.15, 0.2) is 0 Å². The fourth-order valence-electron chi connectivity index (χ4n) is 1.65. The summed E-state index contributed by atoms with van der Waals surface area (Å²) in [5.41, 5.74) is 2.06. The van der Waals surface area contributed by atoms with Crippen LogP contribution in [0.15, 0.2) is 30.5 Å². The zero-order chi connectivity index (χ0) is 11.4. The molecule has 0 spiro atoms. The largest absolute Gasteiger partial charge is 0.494 e. The van der Waals surface area contributed by atoms with E-state index in [4.69, 9.17) is 4.74 Å². The van der Waals surface area contributed by atoms with Crippen LogP contribution < -0.4 is 10.1 Å². The fourth-order valence-corrected chi connectivity index (χ4v) is 1.65. The van der Waals surface area contributed by atoms with Crippen LogP contribution in [-0.4, -0.2) is 18.6 Å². The van der Waals surface area contributed by atoms with Crippen molar-refractivity contribution in [2.75, 3.05) is 19.0 Å². The quantitative estimate of drug-likeness (QED) is 0.852. The third-order valence-electron chi connectivity index (χ3n) is 2.46. The molecule has 0 fully saturated rings. The molecule has 0 aliphatic rings. The number of anilines is 1. The number of nitrogens with one attached hydrogen (secondary N) is 1. The predicted octanol–water partition coefficient (Wildman–Crippen LogP) is 3.07. The van der Waals surface area contributed by atoms with Crippen molar-refractivity contribution in [1.29, 1.82) is 0 Å². The third kappa shape index (κ3) is 2.08. The molecule has 1 heterocycles. The van der Waals surface area contributed by atoms with Gasteiger partial charge in [-0.3, -0.25) is 4.98 Å². The number of hydrogen-bond acceptors (Lipinski definition) is 3. The summed E-state index contributed by atoms with van der Waals surface area (Å²) in [5.74, 6) is 0.902. The lowest BCUT2D eigenvalue weighted by Gasteiger charge is -2.08. The number of hydrogen-bond donors (Lipinski definition) is 1. The SMILES string of the molecule is CCCOc1ccc2nccc(NC)c2c1. The normalized spacial score (nSPS) is 10.4. The van der Waals surface area contributed by atoms with Crippen LogP contribution in [0.3, 0.4) is 0 Å². The molecule has 16 heavy (non-hydrogen) atoms. The van der Waals surface area contributed by atoms with Gasteiger partial charge in [0.05, 0.1) is 12.1 Å². The van der Waals surface area contributed by atoms with E-state index in [1.807, 2.05) is 31.3 Å². The molecule has 1 aromatic carbocycles. The summed E-state index contributed by atoms with van der Waals surface area (Å²) in [4.78, 5) is 4.32. The molecule has 1 N–H and O–H groups in total. The molecule has 0 bridgehead atoms. The Morgan fingerprint density at radius 3 is 2.94 bits per heavy atom. The third-order valence-corrected chi connectivity index (χ3v) is 2.46. The molecule has 0 radical (unpaired) electrons. The Morgan fingerprint density at radius 2 is 2.19 bits per heavy atom. The number of aromatic nitrogens is 1. The van der Waals surface area contributed by atoms with E-state index in [0.717, 1.165) is 35.4 Å². The fraction of sp³-hybridized carbons (Fsp3) is 0.308. The second kappa shape index (κ2) is 4.84. The number of benzene rings is 1. The van der Waals surface area contributed by atoms with Crippen LogP contribution in [0.5, 0.6) is 5.75 Å². The molecule has 2 aromatic rings. The highest BCUT2D eigenvalue weighted by molar-refractivity contribution is 5.91. The summed E-state index contributed by atoms with van der Waals surface area (Å²) in [5, 5.41) is 4.25. The number of pyridine rings is 1. The van der Waals surface area contributed by atoms with Crippen LogP contribution in [0.2, 0.25) is 0 Å². The van der Waals surface area contributed by atoms with Crippen molar-refractivity contribution in [2.24, 2.45) is 0 Å². The van der Waals surface area contributed by atoms with Crippen LogP contribution in [-0.2, 0) is 0 Å². The average molecular weight is 216 g/mol. The molecule has 0 saturated heterocycles. The molecule has 0 atom stereocenters. The van der Waals surface area contributed by atoms with Crippen molar-refractivity contribution in [3.05, 3.63) is 30.5 Å². The van der Waals surface area contributed by atoms with E-state index in [0.29, 0.717) is 0 Å². The lowest BCUT2D eigenvalue weighted by atomic mass is 10.2. The van der Waals surface area contributed by atoms with Gasteiger partial charge in [-0.25, -0.2) is 0 Å². The maximum Gasteiger partial charge on any atom is 0.120 e. The van der Waals surface area contributed by atoms with E-state index < -0.39 is 0 Å². The van der Waals surface area contributed by atoms with E-state index >= 15 is 0 Å². The van der Waals surface area contributed by atoms with Crippen molar-refractivity contribution < 1.29 is 4.74 Å². The van der Waals surface area contributed by atoms with E-state index in [-0.39, 0.29) is 0 Å². The summed E-state index contributed by atoms with van der Waals surface area (Å²) in [6, 6.07) is 7.95. The minimum atomic E-state index is 0.751. The lowest BCUT2D eigenvalue weighted by Crippen LogP contribution is -1.96. The second-order valence-corrected chi connectivity index (χ2v) is 3.64. The molecule has 0 amide bonds. The summed E-state index contributed by atoms with van der Waals surface area (Å²) in [6.45, 7) is 2.85. The highest BCUT2D eigenvalue weighted by atomic mass is 16.5. The molecule has 0 unspecified atom stereocenters. The molecule has 2 rings (SSSR count). The van der Waals surface area contributed by atoms with Gasteiger partial charge in [0.25, 0.3) is 0 Å². The number of ether oxygens (including phenoxy) is 1. The first-order chi connectivity index (χ1) is 7.85. The maximum absolute atomic E-state index is 5.61. The van der Waals surface area contributed by atoms with Crippen molar-refractivity contribution in [2.45, 2.75) is 13.3 Å². The van der Waals surface area contributed by atoms with Crippen LogP contribution in [0, 0.1) is 0 Å². The number of rotatable bonds is 4. The van der Waals surface area contributed by atoms with Gasteiger partial charge < -0.3 is 10.1 Å². The molecular weight excluding hydrogens is 200 g/mol. The minimum absolute atomic E-state index is 0.751. The Morgan fingerprint density at radius 1 is 1.31 bits per heavy atom. The van der Waals surface area contributed by atoms with Gasteiger partial charge in [-0.15, -0.1) is 0 Å². The van der Waals surface area contributed by atoms with Gasteiger partial charge >= 0.3 is 0 Å². The molecule has 1 aromatic heterocycles. The molecule has 0 aliphatic heterocycles. The monoisotopic (exact) mass is 216 g/mol. The highest BCUT2D eigenvalue weighted by Crippen LogP contribution is 2.25. The molecular formula is C13H16N2O.